The average Bonchev–Trinajstić information content (AvgIpc) is 2.46. The van der Waals surface area contributed by atoms with E-state index in [4.69, 9.17) is 0 Å². The highest BCUT2D eigenvalue weighted by molar-refractivity contribution is 5.82. The molecule has 0 radical (unpaired) electrons. The Labute approximate surface area is 115 Å². The van der Waals surface area contributed by atoms with Gasteiger partial charge in [0.15, 0.2) is 0 Å². The molecule has 1 atom stereocenters. The fourth-order valence-electron chi connectivity index (χ4n) is 3.22. The summed E-state index contributed by atoms with van der Waals surface area (Å²) >= 11 is 0. The first kappa shape index (κ1) is 12.6. The van der Waals surface area contributed by atoms with Gasteiger partial charge in [-0.2, -0.15) is 0 Å². The van der Waals surface area contributed by atoms with Crippen LogP contribution in [0.5, 0.6) is 0 Å². The summed E-state index contributed by atoms with van der Waals surface area (Å²) in [6.45, 7) is 7.97. The first-order chi connectivity index (χ1) is 9.28. The molecule has 0 N–H and O–H groups in total. The Balaban J connectivity index is 2.00. The number of hydrogen-bond acceptors (Lipinski definition) is 2. The zero-order valence-electron chi connectivity index (χ0n) is 11.9. The summed E-state index contributed by atoms with van der Waals surface area (Å²) in [6, 6.07) is 8.88. The quantitative estimate of drug-likeness (QED) is 0.811. The topological polar surface area (TPSA) is 16.1 Å². The molecule has 1 unspecified atom stereocenters. The largest absolute Gasteiger partial charge is 0.303 e. The number of fused-ring (bicyclic) bond motifs is 1. The summed E-state index contributed by atoms with van der Waals surface area (Å²) in [7, 11) is 0. The summed E-state index contributed by atoms with van der Waals surface area (Å²) < 4.78 is 0. The molecule has 2 heteroatoms. The third kappa shape index (κ3) is 2.50. The van der Waals surface area contributed by atoms with Gasteiger partial charge < -0.3 is 4.90 Å². The van der Waals surface area contributed by atoms with Crippen molar-refractivity contribution in [2.75, 3.05) is 19.6 Å². The number of nitrogens with zero attached hydrogens (tertiary/aromatic N) is 2. The maximum Gasteiger partial charge on any atom is 0.0737 e. The maximum absolute atomic E-state index is 4.69. The molecule has 2 heterocycles. The average molecular weight is 254 g/mol. The molecule has 0 spiro atoms. The Kier molecular flexibility index (Phi) is 3.52. The van der Waals surface area contributed by atoms with Gasteiger partial charge in [-0.05, 0) is 56.0 Å². The molecule has 0 saturated carbocycles. The molecule has 1 saturated heterocycles. The SMILES string of the molecule is CCN1CCCC(c2cccc3cc(C)cnc23)C1. The standard InChI is InChI=1S/C17H22N2/c1-3-19-9-5-7-15(12-19)16-8-4-6-14-10-13(2)11-18-17(14)16/h4,6,8,10-11,15H,3,5,7,9,12H2,1-2H3. The highest BCUT2D eigenvalue weighted by Crippen LogP contribution is 2.31. The summed E-state index contributed by atoms with van der Waals surface area (Å²) in [6.07, 6.45) is 4.60. The summed E-state index contributed by atoms with van der Waals surface area (Å²) in [5, 5.41) is 1.28. The van der Waals surface area contributed by atoms with Crippen molar-refractivity contribution in [1.82, 2.24) is 9.88 Å². The van der Waals surface area contributed by atoms with Crippen LogP contribution in [0.3, 0.4) is 0 Å². The van der Waals surface area contributed by atoms with Crippen molar-refractivity contribution in [3.63, 3.8) is 0 Å². The molecule has 100 valence electrons. The van der Waals surface area contributed by atoms with Gasteiger partial charge in [-0.15, -0.1) is 0 Å². The van der Waals surface area contributed by atoms with E-state index in [1.54, 1.807) is 0 Å². The second-order valence-electron chi connectivity index (χ2n) is 5.66. The molecule has 19 heavy (non-hydrogen) atoms. The van der Waals surface area contributed by atoms with Crippen LogP contribution in [0.4, 0.5) is 0 Å². The van der Waals surface area contributed by atoms with Crippen LogP contribution in [0.1, 0.15) is 36.8 Å². The molecule has 1 aromatic carbocycles. The molecular weight excluding hydrogens is 232 g/mol. The molecule has 0 aliphatic carbocycles. The number of pyridine rings is 1. The van der Waals surface area contributed by atoms with Crippen LogP contribution in [0, 0.1) is 6.92 Å². The van der Waals surface area contributed by atoms with E-state index in [2.05, 4.69) is 48.0 Å². The van der Waals surface area contributed by atoms with Crippen molar-refractivity contribution in [3.05, 3.63) is 41.6 Å². The maximum atomic E-state index is 4.69. The Morgan fingerprint density at radius 3 is 3.11 bits per heavy atom. The van der Waals surface area contributed by atoms with Crippen molar-refractivity contribution in [2.45, 2.75) is 32.6 Å². The smallest absolute Gasteiger partial charge is 0.0737 e. The molecule has 2 nitrogen and oxygen atoms in total. The van der Waals surface area contributed by atoms with Gasteiger partial charge in [0.25, 0.3) is 0 Å². The Morgan fingerprint density at radius 1 is 1.37 bits per heavy atom. The summed E-state index contributed by atoms with van der Waals surface area (Å²) in [5.41, 5.74) is 3.88. The van der Waals surface area contributed by atoms with Crippen molar-refractivity contribution in [1.29, 1.82) is 0 Å². The zero-order valence-corrected chi connectivity index (χ0v) is 11.9. The minimum absolute atomic E-state index is 0.646. The summed E-state index contributed by atoms with van der Waals surface area (Å²) in [5.74, 6) is 0.646. The number of hydrogen-bond donors (Lipinski definition) is 0. The molecule has 0 amide bonds. The summed E-state index contributed by atoms with van der Waals surface area (Å²) in [4.78, 5) is 7.24. The number of aryl methyl sites for hydroxylation is 1. The third-order valence-electron chi connectivity index (χ3n) is 4.27. The third-order valence-corrected chi connectivity index (χ3v) is 4.27. The van der Waals surface area contributed by atoms with Gasteiger partial charge in [0.1, 0.15) is 0 Å². The minimum Gasteiger partial charge on any atom is -0.303 e. The van der Waals surface area contributed by atoms with E-state index < -0.39 is 0 Å². The minimum atomic E-state index is 0.646. The van der Waals surface area contributed by atoms with Gasteiger partial charge in [-0.1, -0.05) is 25.1 Å². The molecule has 1 aliphatic rings. The monoisotopic (exact) mass is 254 g/mol. The number of likely N-dealkylation sites (tertiary alicyclic amines) is 1. The normalized spacial score (nSPS) is 20.8. The predicted octanol–water partition coefficient (Wildman–Crippen LogP) is 3.74. The molecule has 1 aromatic heterocycles. The van der Waals surface area contributed by atoms with Gasteiger partial charge in [0, 0.05) is 18.1 Å². The van der Waals surface area contributed by atoms with Gasteiger partial charge >= 0.3 is 0 Å². The number of benzene rings is 1. The molecule has 1 fully saturated rings. The Morgan fingerprint density at radius 2 is 2.26 bits per heavy atom. The molecule has 2 aromatic rings. The second kappa shape index (κ2) is 5.30. The van der Waals surface area contributed by atoms with Crippen LogP contribution in [0.25, 0.3) is 10.9 Å². The second-order valence-corrected chi connectivity index (χ2v) is 5.66. The number of aromatic nitrogens is 1. The highest BCUT2D eigenvalue weighted by atomic mass is 15.1. The first-order valence-corrected chi connectivity index (χ1v) is 7.35. The lowest BCUT2D eigenvalue weighted by molar-refractivity contribution is 0.218. The zero-order chi connectivity index (χ0) is 13.2. The van der Waals surface area contributed by atoms with Crippen molar-refractivity contribution < 1.29 is 0 Å². The van der Waals surface area contributed by atoms with Crippen LogP contribution in [0.15, 0.2) is 30.5 Å². The number of piperidine rings is 1. The highest BCUT2D eigenvalue weighted by Gasteiger charge is 2.22. The lowest BCUT2D eigenvalue weighted by atomic mass is 9.89. The van der Waals surface area contributed by atoms with Crippen molar-refractivity contribution in [2.24, 2.45) is 0 Å². The number of rotatable bonds is 2. The van der Waals surface area contributed by atoms with E-state index in [0.717, 1.165) is 6.54 Å². The first-order valence-electron chi connectivity index (χ1n) is 7.35. The van der Waals surface area contributed by atoms with Gasteiger partial charge in [0.2, 0.25) is 0 Å². The van der Waals surface area contributed by atoms with Crippen LogP contribution < -0.4 is 0 Å². The Bertz CT molecular complexity index is 576. The van der Waals surface area contributed by atoms with Crippen molar-refractivity contribution in [3.8, 4) is 0 Å². The molecule has 0 bridgehead atoms. The fraction of sp³-hybridized carbons (Fsp3) is 0.471. The molecular formula is C17H22N2. The van der Waals surface area contributed by atoms with Crippen molar-refractivity contribution >= 4 is 10.9 Å². The van der Waals surface area contributed by atoms with E-state index in [0.29, 0.717) is 5.92 Å². The van der Waals surface area contributed by atoms with E-state index in [1.165, 1.54) is 48.0 Å². The van der Waals surface area contributed by atoms with Gasteiger partial charge in [-0.25, -0.2) is 0 Å². The van der Waals surface area contributed by atoms with Gasteiger partial charge in [0.05, 0.1) is 5.52 Å². The van der Waals surface area contributed by atoms with E-state index in [-0.39, 0.29) is 0 Å². The lowest BCUT2D eigenvalue weighted by Gasteiger charge is -2.32. The van der Waals surface area contributed by atoms with E-state index in [9.17, 15) is 0 Å². The fourth-order valence-corrected chi connectivity index (χ4v) is 3.22. The van der Waals surface area contributed by atoms with Crippen LogP contribution >= 0.6 is 0 Å². The van der Waals surface area contributed by atoms with Gasteiger partial charge in [-0.3, -0.25) is 4.98 Å². The molecule has 1 aliphatic heterocycles. The lowest BCUT2D eigenvalue weighted by Crippen LogP contribution is -2.34. The van der Waals surface area contributed by atoms with Crippen LogP contribution in [-0.2, 0) is 0 Å². The van der Waals surface area contributed by atoms with Crippen LogP contribution in [-0.4, -0.2) is 29.5 Å². The van der Waals surface area contributed by atoms with Crippen LogP contribution in [0.2, 0.25) is 0 Å². The predicted molar refractivity (Wildman–Crippen MR) is 80.6 cm³/mol. The van der Waals surface area contributed by atoms with E-state index >= 15 is 0 Å². The Hall–Kier alpha value is -1.41. The number of para-hydroxylation sites is 1. The molecule has 3 rings (SSSR count). The number of likely N-dealkylation sites (N-methyl/N-ethyl adjacent to an activating group) is 1. The van der Waals surface area contributed by atoms with E-state index in [1.807, 2.05) is 6.20 Å².